The normalized spacial score (nSPS) is 23.0. The zero-order valence-electron chi connectivity index (χ0n) is 14.9. The quantitative estimate of drug-likeness (QED) is 0.751. The lowest BCUT2D eigenvalue weighted by molar-refractivity contribution is -0.120. The average Bonchev–Trinajstić information content (AvgIpc) is 3.28. The Kier molecular flexibility index (Phi) is 6.87. The van der Waals surface area contributed by atoms with E-state index in [1.54, 1.807) is 0 Å². The van der Waals surface area contributed by atoms with Crippen LogP contribution in [0, 0.1) is 0 Å². The zero-order chi connectivity index (χ0) is 17.6. The van der Waals surface area contributed by atoms with Crippen LogP contribution < -0.4 is 5.32 Å². The smallest absolute Gasteiger partial charge is 0.241 e. The Hall–Kier alpha value is -0.950. The summed E-state index contributed by atoms with van der Waals surface area (Å²) in [5.74, 6) is 0.0417. The number of hydrogen-bond acceptors (Lipinski definition) is 4. The number of hydrogen-bond donors (Lipinski definition) is 1. The molecule has 1 aromatic rings. The SMILES string of the molecule is C[C@@H](C(=O)Nc1ccc(Br)cc1)N1CC[C@H](OCCN2CCCC2)C1. The van der Waals surface area contributed by atoms with Gasteiger partial charge in [-0.1, -0.05) is 15.9 Å². The molecule has 2 atom stereocenters. The van der Waals surface area contributed by atoms with Gasteiger partial charge in [-0.3, -0.25) is 9.69 Å². The van der Waals surface area contributed by atoms with Crippen molar-refractivity contribution in [3.05, 3.63) is 28.7 Å². The van der Waals surface area contributed by atoms with Gasteiger partial charge in [-0.15, -0.1) is 0 Å². The summed E-state index contributed by atoms with van der Waals surface area (Å²) >= 11 is 3.41. The Balaban J connectivity index is 1.39. The summed E-state index contributed by atoms with van der Waals surface area (Å²) in [5.41, 5.74) is 0.831. The van der Waals surface area contributed by atoms with Crippen molar-refractivity contribution in [3.8, 4) is 0 Å². The molecular formula is C19H28BrN3O2. The van der Waals surface area contributed by atoms with Gasteiger partial charge in [-0.25, -0.2) is 0 Å². The number of ether oxygens (including phenoxy) is 1. The van der Waals surface area contributed by atoms with E-state index in [0.29, 0.717) is 0 Å². The van der Waals surface area contributed by atoms with Crippen LogP contribution in [-0.2, 0) is 9.53 Å². The van der Waals surface area contributed by atoms with Crippen LogP contribution in [0.3, 0.4) is 0 Å². The first kappa shape index (κ1) is 18.8. The van der Waals surface area contributed by atoms with Gasteiger partial charge in [0.15, 0.2) is 0 Å². The molecule has 1 N–H and O–H groups in total. The molecule has 0 aromatic heterocycles. The molecule has 1 aromatic carbocycles. The Morgan fingerprint density at radius 1 is 1.28 bits per heavy atom. The minimum atomic E-state index is -0.143. The van der Waals surface area contributed by atoms with Gasteiger partial charge < -0.3 is 15.0 Å². The van der Waals surface area contributed by atoms with Crippen molar-refractivity contribution in [2.24, 2.45) is 0 Å². The number of amides is 1. The number of nitrogens with zero attached hydrogens (tertiary/aromatic N) is 2. The van der Waals surface area contributed by atoms with Gasteiger partial charge in [0.2, 0.25) is 5.91 Å². The number of nitrogens with one attached hydrogen (secondary N) is 1. The van der Waals surface area contributed by atoms with Crippen LogP contribution in [0.5, 0.6) is 0 Å². The molecule has 2 aliphatic heterocycles. The molecule has 2 aliphatic rings. The highest BCUT2D eigenvalue weighted by atomic mass is 79.9. The van der Waals surface area contributed by atoms with E-state index in [4.69, 9.17) is 4.74 Å². The van der Waals surface area contributed by atoms with Crippen LogP contribution in [0.15, 0.2) is 28.7 Å². The van der Waals surface area contributed by atoms with Crippen LogP contribution in [0.2, 0.25) is 0 Å². The molecule has 25 heavy (non-hydrogen) atoms. The molecule has 3 rings (SSSR count). The summed E-state index contributed by atoms with van der Waals surface area (Å²) in [4.78, 5) is 17.2. The van der Waals surface area contributed by atoms with Crippen LogP contribution in [0.1, 0.15) is 26.2 Å². The zero-order valence-corrected chi connectivity index (χ0v) is 16.5. The fourth-order valence-corrected chi connectivity index (χ4v) is 3.81. The highest BCUT2D eigenvalue weighted by Gasteiger charge is 2.30. The van der Waals surface area contributed by atoms with Gasteiger partial charge in [0.05, 0.1) is 18.8 Å². The number of benzene rings is 1. The van der Waals surface area contributed by atoms with E-state index in [1.807, 2.05) is 31.2 Å². The Morgan fingerprint density at radius 3 is 2.72 bits per heavy atom. The molecule has 2 heterocycles. The standard InChI is InChI=1S/C19H28BrN3O2/c1-15(19(24)21-17-6-4-16(20)5-7-17)23-11-8-18(14-23)25-13-12-22-9-2-3-10-22/h4-7,15,18H,2-3,8-14H2,1H3,(H,21,24)/t15-,18-/m0/s1. The maximum atomic E-state index is 12.5. The number of likely N-dealkylation sites (tertiary alicyclic amines) is 2. The first-order valence-electron chi connectivity index (χ1n) is 9.26. The van der Waals surface area contributed by atoms with Crippen molar-refractivity contribution in [1.82, 2.24) is 9.80 Å². The van der Waals surface area contributed by atoms with Crippen molar-refractivity contribution < 1.29 is 9.53 Å². The number of carbonyl (C=O) groups is 1. The van der Waals surface area contributed by atoms with E-state index in [1.165, 1.54) is 25.9 Å². The second kappa shape index (κ2) is 9.12. The second-order valence-electron chi connectivity index (χ2n) is 7.00. The molecule has 6 heteroatoms. The van der Waals surface area contributed by atoms with Crippen LogP contribution in [0.25, 0.3) is 0 Å². The van der Waals surface area contributed by atoms with Crippen molar-refractivity contribution in [3.63, 3.8) is 0 Å². The third-order valence-electron chi connectivity index (χ3n) is 5.18. The van der Waals surface area contributed by atoms with Crippen LogP contribution in [0.4, 0.5) is 5.69 Å². The largest absolute Gasteiger partial charge is 0.376 e. The van der Waals surface area contributed by atoms with Gasteiger partial charge in [-0.05, 0) is 63.5 Å². The van der Waals surface area contributed by atoms with Crippen molar-refractivity contribution in [1.29, 1.82) is 0 Å². The number of carbonyl (C=O) groups excluding carboxylic acids is 1. The summed E-state index contributed by atoms with van der Waals surface area (Å²) < 4.78 is 7.04. The minimum Gasteiger partial charge on any atom is -0.376 e. The molecule has 0 unspecified atom stereocenters. The Bertz CT molecular complexity index is 560. The third-order valence-corrected chi connectivity index (χ3v) is 5.70. The molecule has 5 nitrogen and oxygen atoms in total. The lowest BCUT2D eigenvalue weighted by Gasteiger charge is -2.23. The molecule has 0 spiro atoms. The van der Waals surface area contributed by atoms with Crippen molar-refractivity contribution in [2.75, 3.05) is 44.6 Å². The van der Waals surface area contributed by atoms with Gasteiger partial charge in [0.1, 0.15) is 0 Å². The van der Waals surface area contributed by atoms with E-state index < -0.39 is 0 Å². The highest BCUT2D eigenvalue weighted by Crippen LogP contribution is 2.18. The molecule has 1 amide bonds. The lowest BCUT2D eigenvalue weighted by Crippen LogP contribution is -2.41. The van der Waals surface area contributed by atoms with Crippen molar-refractivity contribution in [2.45, 2.75) is 38.3 Å². The van der Waals surface area contributed by atoms with Gasteiger partial charge in [0, 0.05) is 29.8 Å². The lowest BCUT2D eigenvalue weighted by atomic mass is 10.2. The number of anilines is 1. The minimum absolute atomic E-state index is 0.0417. The summed E-state index contributed by atoms with van der Waals surface area (Å²) in [6.45, 7) is 8.01. The van der Waals surface area contributed by atoms with E-state index in [2.05, 4.69) is 31.0 Å². The predicted octanol–water partition coefficient (Wildman–Crippen LogP) is 2.96. The Labute approximate surface area is 158 Å². The average molecular weight is 410 g/mol. The summed E-state index contributed by atoms with van der Waals surface area (Å²) in [6, 6.07) is 7.53. The Morgan fingerprint density at radius 2 is 2.00 bits per heavy atom. The van der Waals surface area contributed by atoms with Crippen molar-refractivity contribution >= 4 is 27.5 Å². The maximum Gasteiger partial charge on any atom is 0.241 e. The predicted molar refractivity (Wildman–Crippen MR) is 104 cm³/mol. The highest BCUT2D eigenvalue weighted by molar-refractivity contribution is 9.10. The van der Waals surface area contributed by atoms with E-state index in [-0.39, 0.29) is 18.1 Å². The number of halogens is 1. The first-order chi connectivity index (χ1) is 12.1. The van der Waals surface area contributed by atoms with Crippen LogP contribution >= 0.6 is 15.9 Å². The number of rotatable bonds is 7. The summed E-state index contributed by atoms with van der Waals surface area (Å²) in [7, 11) is 0. The first-order valence-corrected chi connectivity index (χ1v) is 10.1. The molecule has 2 saturated heterocycles. The molecule has 138 valence electrons. The summed E-state index contributed by atoms with van der Waals surface area (Å²) in [5, 5.41) is 2.99. The fraction of sp³-hybridized carbons (Fsp3) is 0.632. The molecule has 0 radical (unpaired) electrons. The van der Waals surface area contributed by atoms with Gasteiger partial charge in [0.25, 0.3) is 0 Å². The van der Waals surface area contributed by atoms with E-state index >= 15 is 0 Å². The summed E-state index contributed by atoms with van der Waals surface area (Å²) in [6.07, 6.45) is 3.91. The van der Waals surface area contributed by atoms with Gasteiger partial charge in [-0.2, -0.15) is 0 Å². The second-order valence-corrected chi connectivity index (χ2v) is 7.91. The van der Waals surface area contributed by atoms with E-state index in [0.717, 1.165) is 42.8 Å². The maximum absolute atomic E-state index is 12.5. The van der Waals surface area contributed by atoms with Crippen LogP contribution in [-0.4, -0.2) is 67.2 Å². The third kappa shape index (κ3) is 5.51. The monoisotopic (exact) mass is 409 g/mol. The molecule has 0 bridgehead atoms. The fourth-order valence-electron chi connectivity index (χ4n) is 3.54. The molecule has 0 aliphatic carbocycles. The van der Waals surface area contributed by atoms with E-state index in [9.17, 15) is 4.79 Å². The molecule has 0 saturated carbocycles. The topological polar surface area (TPSA) is 44.8 Å². The molecular weight excluding hydrogens is 382 g/mol. The van der Waals surface area contributed by atoms with Gasteiger partial charge >= 0.3 is 0 Å². The molecule has 2 fully saturated rings.